The maximum Gasteiger partial charge on any atom is 0.482 e. The Morgan fingerprint density at radius 2 is 1.88 bits per heavy atom. The molecule has 0 bridgehead atoms. The van der Waals surface area contributed by atoms with Crippen molar-refractivity contribution in [2.24, 2.45) is 0 Å². The second-order valence-corrected chi connectivity index (χ2v) is 5.76. The van der Waals surface area contributed by atoms with E-state index in [4.69, 9.17) is 10.0 Å². The number of hydrogen-bond acceptors (Lipinski definition) is 4. The van der Waals surface area contributed by atoms with E-state index in [-0.39, 0.29) is 51.5 Å². The molecule has 7 nitrogen and oxygen atoms in total. The van der Waals surface area contributed by atoms with Crippen LogP contribution in [-0.4, -0.2) is 34.0 Å². The number of amides is 2. The first-order chi connectivity index (χ1) is 11.6. The van der Waals surface area contributed by atoms with E-state index >= 15 is 0 Å². The van der Waals surface area contributed by atoms with E-state index in [1.807, 2.05) is 48.5 Å². The predicted octanol–water partition coefficient (Wildman–Crippen LogP) is 1.99. The molecule has 2 aromatic carbocycles. The Bertz CT molecular complexity index is 804. The summed E-state index contributed by atoms with van der Waals surface area (Å²) in [7, 11) is 0. The molecular weight excluding hydrogens is 462 g/mol. The Morgan fingerprint density at radius 3 is 2.56 bits per heavy atom. The van der Waals surface area contributed by atoms with E-state index in [9.17, 15) is 4.79 Å². The van der Waals surface area contributed by atoms with Crippen molar-refractivity contribution in [3.8, 4) is 0 Å². The molecule has 5 N–H and O–H groups in total. The van der Waals surface area contributed by atoms with Crippen molar-refractivity contribution in [2.45, 2.75) is 6.54 Å². The molecule has 0 aliphatic rings. The van der Waals surface area contributed by atoms with Crippen LogP contribution in [0.1, 0.15) is 5.56 Å². The summed E-state index contributed by atoms with van der Waals surface area (Å²) in [5.41, 5.74) is 2.69. The van der Waals surface area contributed by atoms with E-state index in [2.05, 4.69) is 43.4 Å². The van der Waals surface area contributed by atoms with Crippen LogP contribution in [0.25, 0.3) is 10.9 Å². The van der Waals surface area contributed by atoms with Gasteiger partial charge < -0.3 is 20.7 Å². The maximum absolute atomic E-state index is 11.9. The van der Waals surface area contributed by atoms with Gasteiger partial charge in [0.05, 0.1) is 5.52 Å². The van der Waals surface area contributed by atoms with E-state index in [1.165, 1.54) is 0 Å². The van der Waals surface area contributed by atoms with Crippen LogP contribution in [0.5, 0.6) is 0 Å². The number of benzene rings is 2. The van der Waals surface area contributed by atoms with Gasteiger partial charge in [-0.25, -0.2) is 4.79 Å². The van der Waals surface area contributed by atoms with Crippen molar-refractivity contribution in [3.63, 3.8) is 0 Å². The summed E-state index contributed by atoms with van der Waals surface area (Å²) in [4.78, 5) is 11.9. The fourth-order valence-corrected chi connectivity index (χ4v) is 2.56. The first kappa shape index (κ1) is 22.2. The third kappa shape index (κ3) is 7.12. The Hall–Kier alpha value is -0.845. The molecule has 2 amide bonds. The van der Waals surface area contributed by atoms with Gasteiger partial charge in [0.15, 0.2) is 0 Å². The van der Waals surface area contributed by atoms with Gasteiger partial charge in [0.1, 0.15) is 3.70 Å². The zero-order chi connectivity index (χ0) is 17.4. The van der Waals surface area contributed by atoms with Gasteiger partial charge in [0.2, 0.25) is 0 Å². The topological polar surface area (TPSA) is 110 Å². The maximum atomic E-state index is 11.9. The fourth-order valence-electron chi connectivity index (χ4n) is 2.01. The number of anilines is 1. The second kappa shape index (κ2) is 11.7. The van der Waals surface area contributed by atoms with Crippen LogP contribution in [-0.2, 0) is 6.54 Å². The number of carbonyl (C=O) groups is 1. The number of halogens is 1. The molecule has 131 valence electrons. The summed E-state index contributed by atoms with van der Waals surface area (Å²) in [5, 5.41) is 27.7. The van der Waals surface area contributed by atoms with E-state index in [0.29, 0.717) is 6.54 Å². The molecule has 3 rings (SSSR count). The number of nitrogens with zero attached hydrogens (tertiary/aromatic N) is 1. The van der Waals surface area contributed by atoms with Crippen molar-refractivity contribution in [3.05, 3.63) is 57.8 Å². The molecule has 0 unspecified atom stereocenters. The molecule has 1 heterocycles. The molecule has 0 aliphatic carbocycles. The SMILES string of the molecule is O=C(NCc1ccccc1)Nc1ccc2n[nH]c(I)c2c1.O[B]O.[Ar]. The zero-order valence-electron chi connectivity index (χ0n) is 12.9. The number of hydrogen-bond donors (Lipinski definition) is 5. The Balaban J connectivity index is 0.000000730. The largest absolute Gasteiger partial charge is 0.482 e. The van der Waals surface area contributed by atoms with Crippen LogP contribution in [0.4, 0.5) is 10.5 Å². The number of aromatic nitrogens is 2. The van der Waals surface area contributed by atoms with Gasteiger partial charge in [-0.15, -0.1) is 0 Å². The third-order valence-corrected chi connectivity index (χ3v) is 3.88. The van der Waals surface area contributed by atoms with Gasteiger partial charge in [-0.05, 0) is 46.4 Å². The summed E-state index contributed by atoms with van der Waals surface area (Å²) < 4.78 is 0.955. The van der Waals surface area contributed by atoms with E-state index in [1.54, 1.807) is 0 Å². The van der Waals surface area contributed by atoms with Crippen LogP contribution in [0.2, 0.25) is 0 Å². The van der Waals surface area contributed by atoms with Crippen LogP contribution >= 0.6 is 22.6 Å². The Kier molecular flexibility index (Phi) is 10.4. The Morgan fingerprint density at radius 1 is 1.20 bits per heavy atom. The molecular formula is C15H15ArBIN4O3. The van der Waals surface area contributed by atoms with Crippen LogP contribution in [0.15, 0.2) is 48.5 Å². The molecule has 0 fully saturated rings. The van der Waals surface area contributed by atoms with E-state index < -0.39 is 0 Å². The first-order valence-corrected chi connectivity index (χ1v) is 8.04. The number of fused-ring (bicyclic) bond motifs is 1. The van der Waals surface area contributed by atoms with Crippen LogP contribution in [0, 0.1) is 41.4 Å². The van der Waals surface area contributed by atoms with Crippen LogP contribution in [0.3, 0.4) is 0 Å². The summed E-state index contributed by atoms with van der Waals surface area (Å²) in [6.45, 7) is 0.498. The minimum Gasteiger partial charge on any atom is -0.429 e. The quantitative estimate of drug-likeness (QED) is 0.294. The molecule has 25 heavy (non-hydrogen) atoms. The van der Waals surface area contributed by atoms with Gasteiger partial charge in [-0.2, -0.15) is 5.10 Å². The van der Waals surface area contributed by atoms with Crippen molar-refractivity contribution < 1.29 is 52.6 Å². The fraction of sp³-hybridized carbons (Fsp3) is 0.0667. The molecule has 3 aromatic rings. The minimum absolute atomic E-state index is 0. The molecule has 0 atom stereocenters. The summed E-state index contributed by atoms with van der Waals surface area (Å²) in [5.74, 6) is 0. The number of urea groups is 1. The van der Waals surface area contributed by atoms with Gasteiger partial charge in [0.25, 0.3) is 0 Å². The average Bonchev–Trinajstić information content (AvgIpc) is 2.96. The first-order valence-electron chi connectivity index (χ1n) is 6.96. The van der Waals surface area contributed by atoms with Crippen molar-refractivity contribution >= 4 is 52.9 Å². The number of carbonyl (C=O) groups excluding carboxylic acids is 1. The summed E-state index contributed by atoms with van der Waals surface area (Å²) in [6.07, 6.45) is 0. The number of aromatic amines is 1. The number of H-pyrrole nitrogens is 1. The standard InChI is InChI=1S/C15H13IN4O.Ar.BH2O2/c16-14-12-8-11(6-7-13(12)19-20-14)18-15(21)17-9-10-4-2-1-3-5-10;;2-1-3/h1-8H,9H2,(H,19,20)(H2,17,18,21);;2-3H. The summed E-state index contributed by atoms with van der Waals surface area (Å²) in [6, 6.07) is 15.2. The second-order valence-electron chi connectivity index (χ2n) is 4.68. The van der Waals surface area contributed by atoms with Gasteiger partial charge in [0, 0.05) is 55.4 Å². The molecule has 0 saturated heterocycles. The zero-order valence-corrected chi connectivity index (χ0v) is 15.7. The normalized spacial score (nSPS) is 9.40. The molecule has 0 aliphatic heterocycles. The summed E-state index contributed by atoms with van der Waals surface area (Å²) >= 11 is 2.18. The van der Waals surface area contributed by atoms with Crippen LogP contribution < -0.4 is 10.6 Å². The number of nitrogens with one attached hydrogen (secondary N) is 3. The minimum atomic E-state index is -0.225. The van der Waals surface area contributed by atoms with Gasteiger partial charge in [-0.3, -0.25) is 5.10 Å². The Labute approximate surface area is 189 Å². The average molecular weight is 477 g/mol. The number of rotatable bonds is 3. The smallest absolute Gasteiger partial charge is 0.429 e. The molecule has 10 heteroatoms. The van der Waals surface area contributed by atoms with Crippen molar-refractivity contribution in [1.82, 2.24) is 15.5 Å². The van der Waals surface area contributed by atoms with Crippen molar-refractivity contribution in [2.75, 3.05) is 5.32 Å². The van der Waals surface area contributed by atoms with Gasteiger partial charge in [-0.1, -0.05) is 30.3 Å². The predicted molar refractivity (Wildman–Crippen MR) is 101 cm³/mol. The molecule has 1 radical (unpaired) electrons. The molecule has 0 saturated carbocycles. The molecule has 1 aromatic heterocycles. The van der Waals surface area contributed by atoms with Gasteiger partial charge >= 0.3 is 13.7 Å². The van der Waals surface area contributed by atoms with Crippen molar-refractivity contribution in [1.29, 1.82) is 0 Å². The molecule has 0 spiro atoms. The monoisotopic (exact) mass is 477 g/mol. The van der Waals surface area contributed by atoms with E-state index in [0.717, 1.165) is 25.9 Å². The third-order valence-electron chi connectivity index (χ3n) is 3.06.